The molecule has 1 saturated heterocycles. The fraction of sp³-hybridized carbons (Fsp3) is 0.308. The van der Waals surface area contributed by atoms with Gasteiger partial charge in [0.1, 0.15) is 11.5 Å². The lowest BCUT2D eigenvalue weighted by molar-refractivity contribution is -0.119. The third kappa shape index (κ3) is 5.65. The predicted octanol–water partition coefficient (Wildman–Crippen LogP) is 1.16. The molecule has 10 heteroatoms. The van der Waals surface area contributed by atoms with Crippen LogP contribution in [0, 0.1) is 0 Å². The van der Waals surface area contributed by atoms with Gasteiger partial charge in [-0.25, -0.2) is 4.79 Å². The van der Waals surface area contributed by atoms with Crippen molar-refractivity contribution >= 4 is 23.3 Å². The molecule has 1 aromatic heterocycles. The van der Waals surface area contributed by atoms with Gasteiger partial charge >= 0.3 is 5.69 Å². The number of likely N-dealkylation sites (N-methyl/N-ethyl adjacent to an activating group) is 1. The van der Waals surface area contributed by atoms with Crippen LogP contribution in [0.3, 0.4) is 0 Å². The summed E-state index contributed by atoms with van der Waals surface area (Å²) in [4.78, 5) is 55.5. The van der Waals surface area contributed by atoms with Crippen molar-refractivity contribution in [3.05, 3.63) is 92.1 Å². The van der Waals surface area contributed by atoms with Crippen molar-refractivity contribution in [3.63, 3.8) is 0 Å². The van der Waals surface area contributed by atoms with Crippen molar-refractivity contribution in [2.75, 3.05) is 37.3 Å². The molecule has 188 valence electrons. The molecule has 2 heterocycles. The molecule has 0 spiro atoms. The average molecular weight is 491 g/mol. The van der Waals surface area contributed by atoms with E-state index in [1.807, 2.05) is 47.4 Å². The number of benzene rings is 2. The summed E-state index contributed by atoms with van der Waals surface area (Å²) >= 11 is 0. The van der Waals surface area contributed by atoms with E-state index in [1.165, 1.54) is 9.47 Å². The molecule has 3 aromatic rings. The zero-order chi connectivity index (χ0) is 25.7. The van der Waals surface area contributed by atoms with Gasteiger partial charge in [0, 0.05) is 32.2 Å². The van der Waals surface area contributed by atoms with Crippen LogP contribution in [0.5, 0.6) is 0 Å². The zero-order valence-corrected chi connectivity index (χ0v) is 20.2. The molecule has 10 nitrogen and oxygen atoms in total. The quantitative estimate of drug-likeness (QED) is 0.434. The molecule has 2 aromatic carbocycles. The number of hydrogen-bond donors (Lipinski definition) is 3. The first-order chi connectivity index (χ1) is 17.3. The second kappa shape index (κ2) is 10.9. The van der Waals surface area contributed by atoms with Crippen molar-refractivity contribution in [1.82, 2.24) is 19.8 Å². The maximum absolute atomic E-state index is 12.6. The molecule has 1 aliphatic heterocycles. The minimum absolute atomic E-state index is 0.0128. The molecule has 1 aliphatic rings. The highest BCUT2D eigenvalue weighted by molar-refractivity contribution is 5.94. The number of nitrogen functional groups attached to an aromatic ring is 1. The number of nitrogens with one attached hydrogen (secondary N) is 2. The van der Waals surface area contributed by atoms with Crippen molar-refractivity contribution in [1.29, 1.82) is 0 Å². The van der Waals surface area contributed by atoms with Crippen LogP contribution in [0.2, 0.25) is 0 Å². The lowest BCUT2D eigenvalue weighted by Gasteiger charge is -2.21. The molecular formula is C26H30N6O4. The number of aromatic nitrogens is 2. The number of carbonyl (C=O) groups is 2. The molecule has 0 atom stereocenters. The van der Waals surface area contributed by atoms with E-state index < -0.39 is 11.2 Å². The van der Waals surface area contributed by atoms with Gasteiger partial charge in [-0.1, -0.05) is 42.5 Å². The summed E-state index contributed by atoms with van der Waals surface area (Å²) in [5, 5.41) is 2.81. The Balaban J connectivity index is 1.38. The van der Waals surface area contributed by atoms with Crippen LogP contribution < -0.4 is 27.2 Å². The molecule has 0 saturated carbocycles. The highest BCUT2D eigenvalue weighted by Gasteiger charge is 2.20. The molecule has 0 bridgehead atoms. The Hall–Kier alpha value is -4.34. The first-order valence-electron chi connectivity index (χ1n) is 11.9. The molecular weight excluding hydrogens is 460 g/mol. The summed E-state index contributed by atoms with van der Waals surface area (Å²) in [6, 6.07) is 16.4. The Morgan fingerprint density at radius 1 is 1.00 bits per heavy atom. The highest BCUT2D eigenvalue weighted by atomic mass is 16.2. The van der Waals surface area contributed by atoms with Gasteiger partial charge in [0.25, 0.3) is 11.5 Å². The Bertz CT molecular complexity index is 1340. The van der Waals surface area contributed by atoms with E-state index in [0.29, 0.717) is 5.56 Å². The number of carbonyl (C=O) groups excluding carboxylic acids is 2. The first-order valence-corrected chi connectivity index (χ1v) is 11.9. The molecule has 0 radical (unpaired) electrons. The van der Waals surface area contributed by atoms with Crippen molar-refractivity contribution in [3.8, 4) is 0 Å². The van der Waals surface area contributed by atoms with Crippen LogP contribution in [-0.2, 0) is 17.9 Å². The monoisotopic (exact) mass is 490 g/mol. The normalized spacial score (nSPS) is 13.0. The standard InChI is InChI=1S/C26H30N6O4/c1-30(22-23(27)32(26(36)29-24(22)34)16-19-7-3-2-4-8-19)17-21(33)28-15-18-9-11-20(12-10-18)25(35)31-13-5-6-14-31/h2-4,7-12H,5-6,13-17,27H2,1H3,(H,28,33)(H,29,34,36). The van der Waals surface area contributed by atoms with Crippen LogP contribution in [0.1, 0.15) is 34.3 Å². The zero-order valence-electron chi connectivity index (χ0n) is 20.2. The van der Waals surface area contributed by atoms with Gasteiger partial charge in [-0.3, -0.25) is 23.9 Å². The Labute approximate surface area is 208 Å². The van der Waals surface area contributed by atoms with Gasteiger partial charge in [0.05, 0.1) is 13.1 Å². The third-order valence-electron chi connectivity index (χ3n) is 6.24. The van der Waals surface area contributed by atoms with Crippen molar-refractivity contribution in [2.24, 2.45) is 0 Å². The highest BCUT2D eigenvalue weighted by Crippen LogP contribution is 2.16. The molecule has 1 fully saturated rings. The first kappa shape index (κ1) is 24.8. The lowest BCUT2D eigenvalue weighted by atomic mass is 10.1. The average Bonchev–Trinajstić information content (AvgIpc) is 3.41. The van der Waals surface area contributed by atoms with E-state index in [1.54, 1.807) is 19.2 Å². The number of nitrogens with zero attached hydrogens (tertiary/aromatic N) is 3. The summed E-state index contributed by atoms with van der Waals surface area (Å²) < 4.78 is 1.27. The number of anilines is 2. The van der Waals surface area contributed by atoms with Crippen LogP contribution in [-0.4, -0.2) is 52.9 Å². The number of hydrogen-bond acceptors (Lipinski definition) is 6. The molecule has 0 unspecified atom stereocenters. The van der Waals surface area contributed by atoms with Gasteiger partial charge in [-0.2, -0.15) is 0 Å². The minimum Gasteiger partial charge on any atom is -0.383 e. The second-order valence-corrected chi connectivity index (χ2v) is 8.89. The summed E-state index contributed by atoms with van der Waals surface area (Å²) in [7, 11) is 1.57. The Morgan fingerprint density at radius 2 is 1.67 bits per heavy atom. The minimum atomic E-state index is -0.657. The fourth-order valence-electron chi connectivity index (χ4n) is 4.29. The van der Waals surface area contributed by atoms with Crippen LogP contribution in [0.4, 0.5) is 11.5 Å². The number of nitrogens with two attached hydrogens (primary N) is 1. The topological polar surface area (TPSA) is 134 Å². The fourth-order valence-corrected chi connectivity index (χ4v) is 4.29. The summed E-state index contributed by atoms with van der Waals surface area (Å²) in [6.45, 7) is 1.90. The summed E-state index contributed by atoms with van der Waals surface area (Å²) in [5.74, 6) is -0.309. The molecule has 0 aliphatic carbocycles. The van der Waals surface area contributed by atoms with Gasteiger partial charge < -0.3 is 20.9 Å². The van der Waals surface area contributed by atoms with Crippen LogP contribution in [0.25, 0.3) is 0 Å². The lowest BCUT2D eigenvalue weighted by Crippen LogP contribution is -2.41. The summed E-state index contributed by atoms with van der Waals surface area (Å²) in [5.41, 5.74) is 7.29. The predicted molar refractivity (Wildman–Crippen MR) is 138 cm³/mol. The number of aromatic amines is 1. The SMILES string of the molecule is CN(CC(=O)NCc1ccc(C(=O)N2CCCC2)cc1)c1c(N)n(Cc2ccccc2)c(=O)[nH]c1=O. The van der Waals surface area contributed by atoms with Crippen LogP contribution in [0.15, 0.2) is 64.2 Å². The second-order valence-electron chi connectivity index (χ2n) is 8.89. The van der Waals surface area contributed by atoms with E-state index in [9.17, 15) is 19.2 Å². The Morgan fingerprint density at radius 3 is 2.33 bits per heavy atom. The van der Waals surface area contributed by atoms with E-state index >= 15 is 0 Å². The molecule has 4 rings (SSSR count). The molecule has 4 N–H and O–H groups in total. The van der Waals surface area contributed by atoms with Crippen LogP contribution >= 0.6 is 0 Å². The number of amides is 2. The smallest absolute Gasteiger partial charge is 0.330 e. The van der Waals surface area contributed by atoms with Gasteiger partial charge in [-0.15, -0.1) is 0 Å². The van der Waals surface area contributed by atoms with Gasteiger partial charge in [0.2, 0.25) is 5.91 Å². The Kier molecular flexibility index (Phi) is 7.53. The largest absolute Gasteiger partial charge is 0.383 e. The van der Waals surface area contributed by atoms with E-state index in [2.05, 4.69) is 10.3 Å². The maximum atomic E-state index is 12.6. The molecule has 36 heavy (non-hydrogen) atoms. The van der Waals surface area contributed by atoms with Gasteiger partial charge in [0.15, 0.2) is 0 Å². The number of likely N-dealkylation sites (tertiary alicyclic amines) is 1. The number of H-pyrrole nitrogens is 1. The van der Waals surface area contributed by atoms with Gasteiger partial charge in [-0.05, 0) is 36.1 Å². The third-order valence-corrected chi connectivity index (χ3v) is 6.24. The number of rotatable bonds is 8. The molecule has 2 amide bonds. The van der Waals surface area contributed by atoms with Crippen molar-refractivity contribution in [2.45, 2.75) is 25.9 Å². The van der Waals surface area contributed by atoms with E-state index in [4.69, 9.17) is 5.73 Å². The van der Waals surface area contributed by atoms with Crippen molar-refractivity contribution < 1.29 is 9.59 Å². The maximum Gasteiger partial charge on any atom is 0.330 e. The van der Waals surface area contributed by atoms with E-state index in [0.717, 1.165) is 37.1 Å². The summed E-state index contributed by atoms with van der Waals surface area (Å²) in [6.07, 6.45) is 2.08. The van der Waals surface area contributed by atoms with E-state index in [-0.39, 0.29) is 43.0 Å².